The second kappa shape index (κ2) is 4.69. The molecule has 106 valence electrons. The van der Waals surface area contributed by atoms with E-state index in [1.54, 1.807) is 0 Å². The van der Waals surface area contributed by atoms with Gasteiger partial charge in [0.2, 0.25) is 5.16 Å². The molecule has 0 radical (unpaired) electrons. The molecule has 2 heterocycles. The largest absolute Gasteiger partial charge is 0.479 e. The van der Waals surface area contributed by atoms with E-state index in [0.29, 0.717) is 12.2 Å². The van der Waals surface area contributed by atoms with Crippen LogP contribution in [0.2, 0.25) is 0 Å². The third kappa shape index (κ3) is 2.24. The van der Waals surface area contributed by atoms with E-state index in [1.165, 1.54) is 4.68 Å². The predicted molar refractivity (Wildman–Crippen MR) is 65.4 cm³/mol. The lowest BCUT2D eigenvalue weighted by Gasteiger charge is -2.11. The summed E-state index contributed by atoms with van der Waals surface area (Å²) in [6.45, 7) is 0. The van der Waals surface area contributed by atoms with Gasteiger partial charge < -0.3 is 0 Å². The number of rotatable bonds is 2. The number of nitrogens with zero attached hydrogens (tertiary/aromatic N) is 3. The Bertz CT molecular complexity index is 654. The molecule has 1 aromatic carbocycles. The first-order chi connectivity index (χ1) is 9.47. The number of alkyl halides is 3. The van der Waals surface area contributed by atoms with Gasteiger partial charge in [-0.2, -0.15) is 13.2 Å². The quantitative estimate of drug-likeness (QED) is 0.856. The maximum Gasteiger partial charge on any atom is 0.479 e. The third-order valence-electron chi connectivity index (χ3n) is 3.18. The minimum atomic E-state index is -4.83. The minimum Gasteiger partial charge on any atom is -0.242 e. The van der Waals surface area contributed by atoms with Crippen LogP contribution in [-0.2, 0) is 17.2 Å². The summed E-state index contributed by atoms with van der Waals surface area (Å²) in [5.41, 5.74) is -3.87. The molecule has 1 aliphatic heterocycles. The van der Waals surface area contributed by atoms with E-state index in [9.17, 15) is 17.4 Å². The zero-order valence-corrected chi connectivity index (χ0v) is 11.0. The summed E-state index contributed by atoms with van der Waals surface area (Å²) in [4.78, 5) is 3.76. The molecule has 0 amide bonds. The summed E-state index contributed by atoms with van der Waals surface area (Å²) < 4.78 is 50.0. The normalized spacial score (nSPS) is 19.9. The molecule has 1 aromatic heterocycles. The molecule has 0 N–H and O–H groups in total. The van der Waals surface area contributed by atoms with Crippen molar-refractivity contribution in [3.63, 3.8) is 0 Å². The first-order valence-corrected chi connectivity index (χ1v) is 7.11. The Balaban J connectivity index is 1.95. The highest BCUT2D eigenvalue weighted by molar-refractivity contribution is 7.85. The van der Waals surface area contributed by atoms with E-state index in [2.05, 4.69) is 10.1 Å². The van der Waals surface area contributed by atoms with Crippen molar-refractivity contribution in [2.75, 3.05) is 0 Å². The lowest BCUT2D eigenvalue weighted by molar-refractivity contribution is -0.0388. The fourth-order valence-electron chi connectivity index (χ4n) is 2.31. The molecular formula is C12H10F3N3OS. The Morgan fingerprint density at radius 3 is 2.60 bits per heavy atom. The summed E-state index contributed by atoms with van der Waals surface area (Å²) in [7, 11) is -3.17. The molecule has 0 bridgehead atoms. The number of benzene rings is 1. The van der Waals surface area contributed by atoms with Gasteiger partial charge in [-0.1, -0.05) is 30.3 Å². The molecule has 2 aromatic rings. The highest BCUT2D eigenvalue weighted by Crippen LogP contribution is 2.32. The topological polar surface area (TPSA) is 47.8 Å². The maximum absolute atomic E-state index is 12.4. The van der Waals surface area contributed by atoms with Crippen molar-refractivity contribution >= 4 is 10.8 Å². The molecule has 8 heteroatoms. The van der Waals surface area contributed by atoms with Crippen molar-refractivity contribution in [2.24, 2.45) is 0 Å². The first-order valence-electron chi connectivity index (χ1n) is 5.96. The summed E-state index contributed by atoms with van der Waals surface area (Å²) in [5, 5.41) is 3.14. The van der Waals surface area contributed by atoms with Crippen LogP contribution in [0.4, 0.5) is 13.2 Å². The van der Waals surface area contributed by atoms with Crippen molar-refractivity contribution in [1.82, 2.24) is 14.8 Å². The van der Waals surface area contributed by atoms with Gasteiger partial charge >= 0.3 is 5.51 Å². The summed E-state index contributed by atoms with van der Waals surface area (Å²) in [6.07, 6.45) is 1.26. The van der Waals surface area contributed by atoms with Crippen LogP contribution in [0.3, 0.4) is 0 Å². The second-order valence-electron chi connectivity index (χ2n) is 4.43. The molecule has 0 saturated carbocycles. The molecule has 0 saturated heterocycles. The van der Waals surface area contributed by atoms with Gasteiger partial charge in [-0.25, -0.2) is 13.9 Å². The van der Waals surface area contributed by atoms with Gasteiger partial charge in [0.15, 0.2) is 10.8 Å². The van der Waals surface area contributed by atoms with E-state index in [1.807, 2.05) is 30.3 Å². The fraction of sp³-hybridized carbons (Fsp3) is 0.333. The fourth-order valence-corrected chi connectivity index (χ4v) is 2.86. The molecular weight excluding hydrogens is 291 g/mol. The number of hydrogen-bond acceptors (Lipinski definition) is 3. The van der Waals surface area contributed by atoms with E-state index in [0.717, 1.165) is 12.0 Å². The highest BCUT2D eigenvalue weighted by Gasteiger charge is 2.42. The van der Waals surface area contributed by atoms with E-state index in [4.69, 9.17) is 0 Å². The lowest BCUT2D eigenvalue weighted by atomic mass is 10.1. The van der Waals surface area contributed by atoms with Gasteiger partial charge in [-0.05, 0) is 12.0 Å². The number of aryl methyl sites for hydroxylation is 1. The Hall–Kier alpha value is -1.70. The number of aromatic nitrogens is 3. The monoisotopic (exact) mass is 301 g/mol. The molecule has 20 heavy (non-hydrogen) atoms. The smallest absolute Gasteiger partial charge is 0.242 e. The molecule has 0 fully saturated rings. The van der Waals surface area contributed by atoms with Gasteiger partial charge in [0.05, 0.1) is 6.04 Å². The minimum absolute atomic E-state index is 0.141. The van der Waals surface area contributed by atoms with Crippen LogP contribution >= 0.6 is 0 Å². The van der Waals surface area contributed by atoms with E-state index >= 15 is 0 Å². The average molecular weight is 301 g/mol. The lowest BCUT2D eigenvalue weighted by Crippen LogP contribution is -2.18. The predicted octanol–water partition coefficient (Wildman–Crippen LogP) is 2.44. The maximum atomic E-state index is 12.4. The van der Waals surface area contributed by atoms with Crippen molar-refractivity contribution in [3.05, 3.63) is 41.7 Å². The standard InChI is InChI=1S/C12H10F3N3OS/c13-12(14,15)20(19)11-16-10-7-6-9(18(10)17-11)8-4-2-1-3-5-8/h1-5,9H,6-7H2/t9?,20-/m1/s1. The Kier molecular flexibility index (Phi) is 3.12. The van der Waals surface area contributed by atoms with Gasteiger partial charge in [-0.3, -0.25) is 0 Å². The molecule has 4 nitrogen and oxygen atoms in total. The number of halogens is 3. The van der Waals surface area contributed by atoms with Crippen molar-refractivity contribution in [1.29, 1.82) is 0 Å². The van der Waals surface area contributed by atoms with Gasteiger partial charge in [0, 0.05) is 6.42 Å². The van der Waals surface area contributed by atoms with Crippen LogP contribution in [-0.4, -0.2) is 24.5 Å². The highest BCUT2D eigenvalue weighted by atomic mass is 32.2. The van der Waals surface area contributed by atoms with Crippen LogP contribution in [0.1, 0.15) is 23.9 Å². The molecule has 3 rings (SSSR count). The van der Waals surface area contributed by atoms with Crippen LogP contribution in [0.25, 0.3) is 0 Å². The van der Waals surface area contributed by atoms with Crippen molar-refractivity contribution in [2.45, 2.75) is 29.5 Å². The molecule has 2 atom stereocenters. The van der Waals surface area contributed by atoms with E-state index < -0.39 is 21.5 Å². The third-order valence-corrected chi connectivity index (χ3v) is 4.10. The Morgan fingerprint density at radius 2 is 1.95 bits per heavy atom. The van der Waals surface area contributed by atoms with Gasteiger partial charge in [-0.15, -0.1) is 5.10 Å². The zero-order valence-electron chi connectivity index (χ0n) is 10.2. The van der Waals surface area contributed by atoms with Crippen molar-refractivity contribution in [3.8, 4) is 0 Å². The molecule has 0 aliphatic carbocycles. The van der Waals surface area contributed by atoms with E-state index in [-0.39, 0.29) is 6.04 Å². The Labute approximate surface area is 115 Å². The summed E-state index contributed by atoms with van der Waals surface area (Å²) in [6, 6.07) is 9.23. The zero-order chi connectivity index (χ0) is 14.3. The first kappa shape index (κ1) is 13.3. The van der Waals surface area contributed by atoms with Crippen LogP contribution < -0.4 is 0 Å². The SMILES string of the molecule is O=[S@](c1nc2n(n1)C(c1ccccc1)CC2)C(F)(F)F. The van der Waals surface area contributed by atoms with Crippen molar-refractivity contribution < 1.29 is 17.4 Å². The Morgan fingerprint density at radius 1 is 1.25 bits per heavy atom. The molecule has 1 aliphatic rings. The van der Waals surface area contributed by atoms with Gasteiger partial charge in [0.1, 0.15) is 5.82 Å². The van der Waals surface area contributed by atoms with Crippen LogP contribution in [0.5, 0.6) is 0 Å². The molecule has 0 spiro atoms. The number of hydrogen-bond donors (Lipinski definition) is 0. The van der Waals surface area contributed by atoms with Crippen LogP contribution in [0, 0.1) is 0 Å². The average Bonchev–Trinajstić information content (AvgIpc) is 2.97. The summed E-state index contributed by atoms with van der Waals surface area (Å²) in [5.74, 6) is 0.450. The van der Waals surface area contributed by atoms with Gasteiger partial charge in [0.25, 0.3) is 0 Å². The molecule has 1 unspecified atom stereocenters. The summed E-state index contributed by atoms with van der Waals surface area (Å²) >= 11 is 0. The number of fused-ring (bicyclic) bond motifs is 1. The second-order valence-corrected chi connectivity index (χ2v) is 5.80. The van der Waals surface area contributed by atoms with Crippen LogP contribution in [0.15, 0.2) is 35.5 Å².